The van der Waals surface area contributed by atoms with Gasteiger partial charge in [-0.2, -0.15) is 0 Å². The average Bonchev–Trinajstić information content (AvgIpc) is 2.71. The smallest absolute Gasteiger partial charge is 0.0521 e. The Kier molecular flexibility index (Phi) is 1.28. The quantitative estimate of drug-likeness (QED) is 0.500. The van der Waals surface area contributed by atoms with E-state index in [-0.39, 0.29) is 0 Å². The molecule has 2 aromatic heterocycles. The Hall–Kier alpha value is -0.860. The highest BCUT2D eigenvalue weighted by molar-refractivity contribution is 7.25. The highest BCUT2D eigenvalue weighted by atomic mass is 32.1. The average molecular weight is 190 g/mol. The van der Waals surface area contributed by atoms with Crippen LogP contribution < -0.4 is 0 Å². The van der Waals surface area contributed by atoms with E-state index in [2.05, 4.69) is 35.0 Å². The van der Waals surface area contributed by atoms with Crippen LogP contribution in [0, 0.1) is 0 Å². The summed E-state index contributed by atoms with van der Waals surface area (Å²) in [7, 11) is 0. The Bertz CT molecular complexity index is 481. The van der Waals surface area contributed by atoms with E-state index in [4.69, 9.17) is 0 Å². The minimum absolute atomic E-state index is 1.37. The van der Waals surface area contributed by atoms with Crippen molar-refractivity contribution in [2.24, 2.45) is 0 Å². The third-order valence-corrected chi connectivity index (χ3v) is 4.06. The molecule has 0 fully saturated rings. The van der Waals surface area contributed by atoms with Gasteiger partial charge in [-0.05, 0) is 33.7 Å². The molecule has 0 bridgehead atoms. The van der Waals surface area contributed by atoms with Gasteiger partial charge in [0.05, 0.1) is 9.40 Å². The zero-order valence-corrected chi connectivity index (χ0v) is 7.91. The molecule has 0 unspecified atom stereocenters. The van der Waals surface area contributed by atoms with Crippen LogP contribution in [0.5, 0.6) is 0 Å². The molecule has 0 aliphatic rings. The van der Waals surface area contributed by atoms with Crippen LogP contribution in [0.2, 0.25) is 0 Å². The van der Waals surface area contributed by atoms with Crippen molar-refractivity contribution in [1.29, 1.82) is 0 Å². The lowest BCUT2D eigenvalue weighted by atomic mass is 10.2. The summed E-state index contributed by atoms with van der Waals surface area (Å²) in [5.41, 5.74) is 0. The van der Waals surface area contributed by atoms with Gasteiger partial charge in [0.2, 0.25) is 0 Å². The molecule has 12 heavy (non-hydrogen) atoms. The van der Waals surface area contributed by atoms with Crippen LogP contribution in [0.3, 0.4) is 0 Å². The topological polar surface area (TPSA) is 0 Å². The van der Waals surface area contributed by atoms with Crippen LogP contribution in [0.15, 0.2) is 35.0 Å². The summed E-state index contributed by atoms with van der Waals surface area (Å²) in [6.45, 7) is 0. The van der Waals surface area contributed by atoms with Crippen molar-refractivity contribution in [3.63, 3.8) is 0 Å². The molecule has 1 aromatic carbocycles. The molecule has 0 atom stereocenters. The third-order valence-electron chi connectivity index (χ3n) is 2.04. The van der Waals surface area contributed by atoms with Crippen molar-refractivity contribution < 1.29 is 0 Å². The van der Waals surface area contributed by atoms with Gasteiger partial charge in [0.25, 0.3) is 0 Å². The molecule has 0 spiro atoms. The van der Waals surface area contributed by atoms with Gasteiger partial charge in [-0.15, -0.1) is 22.7 Å². The summed E-state index contributed by atoms with van der Waals surface area (Å²) < 4.78 is 2.87. The van der Waals surface area contributed by atoms with Gasteiger partial charge in [0, 0.05) is 0 Å². The monoisotopic (exact) mass is 190 g/mol. The number of fused-ring (bicyclic) bond motifs is 3. The molecule has 3 rings (SSSR count). The molecule has 0 nitrogen and oxygen atoms in total. The van der Waals surface area contributed by atoms with Crippen LogP contribution in [0.25, 0.3) is 20.2 Å². The molecule has 2 heterocycles. The maximum atomic E-state index is 2.20. The predicted molar refractivity (Wildman–Crippen MR) is 57.2 cm³/mol. The van der Waals surface area contributed by atoms with Gasteiger partial charge >= 0.3 is 0 Å². The van der Waals surface area contributed by atoms with Gasteiger partial charge in [-0.1, -0.05) is 12.1 Å². The van der Waals surface area contributed by atoms with E-state index in [9.17, 15) is 0 Å². The fourth-order valence-corrected chi connectivity index (χ4v) is 3.43. The lowest BCUT2D eigenvalue weighted by Gasteiger charge is -1.90. The normalized spacial score (nSPS) is 11.3. The van der Waals surface area contributed by atoms with Crippen LogP contribution in [0.4, 0.5) is 0 Å². The summed E-state index contributed by atoms with van der Waals surface area (Å²) in [6, 6.07) is 8.75. The van der Waals surface area contributed by atoms with E-state index in [0.29, 0.717) is 0 Å². The first-order valence-corrected chi connectivity index (χ1v) is 5.54. The third kappa shape index (κ3) is 0.765. The van der Waals surface area contributed by atoms with Crippen LogP contribution in [-0.4, -0.2) is 0 Å². The van der Waals surface area contributed by atoms with Crippen LogP contribution in [-0.2, 0) is 0 Å². The van der Waals surface area contributed by atoms with Gasteiger partial charge in [0.15, 0.2) is 0 Å². The SMILES string of the molecule is c1cc2ccc3ccsc3c2s1. The zero-order valence-electron chi connectivity index (χ0n) is 6.28. The fraction of sp³-hybridized carbons (Fsp3) is 0. The second-order valence-electron chi connectivity index (χ2n) is 2.74. The minimum atomic E-state index is 1.37. The first kappa shape index (κ1) is 6.63. The van der Waals surface area contributed by atoms with Gasteiger partial charge in [0.1, 0.15) is 0 Å². The number of rotatable bonds is 0. The number of benzene rings is 1. The highest BCUT2D eigenvalue weighted by Crippen LogP contribution is 2.32. The first-order valence-electron chi connectivity index (χ1n) is 3.78. The predicted octanol–water partition coefficient (Wildman–Crippen LogP) is 4.12. The molecular weight excluding hydrogens is 184 g/mol. The Balaban J connectivity index is 2.71. The molecular formula is C10H6S2. The molecule has 58 valence electrons. The van der Waals surface area contributed by atoms with E-state index < -0.39 is 0 Å². The van der Waals surface area contributed by atoms with Gasteiger partial charge in [-0.3, -0.25) is 0 Å². The number of hydrogen-bond acceptors (Lipinski definition) is 2. The summed E-state index contributed by atoms with van der Waals surface area (Å²) in [4.78, 5) is 0. The lowest BCUT2D eigenvalue weighted by Crippen LogP contribution is -1.62. The Morgan fingerprint density at radius 2 is 1.17 bits per heavy atom. The molecule has 0 saturated heterocycles. The summed E-state index contributed by atoms with van der Waals surface area (Å²) in [5.74, 6) is 0. The van der Waals surface area contributed by atoms with Crippen LogP contribution >= 0.6 is 22.7 Å². The molecule has 3 aromatic rings. The molecule has 2 heteroatoms. The van der Waals surface area contributed by atoms with Crippen molar-refractivity contribution >= 4 is 42.8 Å². The van der Waals surface area contributed by atoms with E-state index in [0.717, 1.165) is 0 Å². The van der Waals surface area contributed by atoms with Crippen LogP contribution in [0.1, 0.15) is 0 Å². The summed E-state index contributed by atoms with van der Waals surface area (Å²) in [5, 5.41) is 7.05. The van der Waals surface area contributed by atoms with Crippen molar-refractivity contribution in [3.05, 3.63) is 35.0 Å². The molecule has 0 radical (unpaired) electrons. The van der Waals surface area contributed by atoms with E-state index in [1.54, 1.807) is 0 Å². The minimum Gasteiger partial charge on any atom is -0.142 e. The second kappa shape index (κ2) is 2.31. The fourth-order valence-electron chi connectivity index (χ4n) is 1.45. The molecule has 0 saturated carbocycles. The number of thiophene rings is 2. The van der Waals surface area contributed by atoms with Gasteiger partial charge in [-0.25, -0.2) is 0 Å². The molecule has 0 aliphatic heterocycles. The summed E-state index contributed by atoms with van der Waals surface area (Å²) in [6.07, 6.45) is 0. The highest BCUT2D eigenvalue weighted by Gasteiger charge is 2.01. The second-order valence-corrected chi connectivity index (χ2v) is 4.58. The Morgan fingerprint density at radius 3 is 1.67 bits per heavy atom. The Morgan fingerprint density at radius 1 is 0.667 bits per heavy atom. The lowest BCUT2D eigenvalue weighted by molar-refractivity contribution is 1.98. The molecule has 0 amide bonds. The van der Waals surface area contributed by atoms with Crippen molar-refractivity contribution in [2.75, 3.05) is 0 Å². The zero-order chi connectivity index (χ0) is 7.97. The van der Waals surface area contributed by atoms with E-state index in [1.807, 2.05) is 22.7 Å². The Labute approximate surface area is 78.1 Å². The maximum Gasteiger partial charge on any atom is 0.0521 e. The first-order chi connectivity index (χ1) is 5.95. The van der Waals surface area contributed by atoms with E-state index in [1.165, 1.54) is 20.2 Å². The molecule has 0 aliphatic carbocycles. The van der Waals surface area contributed by atoms with Crippen molar-refractivity contribution in [2.45, 2.75) is 0 Å². The molecule has 0 N–H and O–H groups in total. The maximum absolute atomic E-state index is 2.20. The summed E-state index contributed by atoms with van der Waals surface area (Å²) >= 11 is 3.66. The van der Waals surface area contributed by atoms with Gasteiger partial charge < -0.3 is 0 Å². The standard InChI is InChI=1S/C10H6S2/c1-2-8-4-6-12-10(8)9-7(1)3-5-11-9/h1-6H. The van der Waals surface area contributed by atoms with E-state index >= 15 is 0 Å². The van der Waals surface area contributed by atoms with Crippen molar-refractivity contribution in [1.82, 2.24) is 0 Å². The number of hydrogen-bond donors (Lipinski definition) is 0. The largest absolute Gasteiger partial charge is 0.142 e. The van der Waals surface area contributed by atoms with Crippen molar-refractivity contribution in [3.8, 4) is 0 Å².